The second-order valence-corrected chi connectivity index (χ2v) is 4.00. The smallest absolute Gasteiger partial charge is 0.324 e. The lowest BCUT2D eigenvalue weighted by Crippen LogP contribution is -2.61. The fourth-order valence-corrected chi connectivity index (χ4v) is 1.94. The van der Waals surface area contributed by atoms with Gasteiger partial charge in [-0.25, -0.2) is 4.79 Å². The summed E-state index contributed by atoms with van der Waals surface area (Å²) in [6, 6.07) is -0.509. The van der Waals surface area contributed by atoms with Gasteiger partial charge in [-0.2, -0.15) is 0 Å². The molecule has 78 valence electrons. The van der Waals surface area contributed by atoms with Gasteiger partial charge in [-0.15, -0.1) is 0 Å². The van der Waals surface area contributed by atoms with Crippen LogP contribution in [0.15, 0.2) is 0 Å². The third-order valence-electron chi connectivity index (χ3n) is 2.68. The molecular weight excluding hydrogens is 184 g/mol. The van der Waals surface area contributed by atoms with Crippen LogP contribution in [0.4, 0.5) is 4.79 Å². The van der Waals surface area contributed by atoms with E-state index in [0.29, 0.717) is 13.2 Å². The summed E-state index contributed by atoms with van der Waals surface area (Å²) in [6.07, 6.45) is 0. The van der Waals surface area contributed by atoms with Crippen LogP contribution in [0.5, 0.6) is 0 Å². The van der Waals surface area contributed by atoms with Crippen molar-refractivity contribution in [1.82, 2.24) is 10.2 Å². The van der Waals surface area contributed by atoms with Crippen molar-refractivity contribution < 1.29 is 14.3 Å². The third-order valence-corrected chi connectivity index (χ3v) is 2.68. The van der Waals surface area contributed by atoms with Gasteiger partial charge in [0.15, 0.2) is 0 Å². The van der Waals surface area contributed by atoms with E-state index < -0.39 is 0 Å². The first-order chi connectivity index (χ1) is 6.61. The van der Waals surface area contributed by atoms with Crippen LogP contribution in [0.3, 0.4) is 0 Å². The number of amides is 3. The van der Waals surface area contributed by atoms with Crippen molar-refractivity contribution in [3.63, 3.8) is 0 Å². The Hall–Kier alpha value is -1.10. The summed E-state index contributed by atoms with van der Waals surface area (Å²) in [6.45, 7) is 4.53. The predicted molar refractivity (Wildman–Crippen MR) is 48.6 cm³/mol. The predicted octanol–water partition coefficient (Wildman–Crippen LogP) is -0.0384. The molecular formula is C9H14N2O3. The van der Waals surface area contributed by atoms with E-state index in [9.17, 15) is 9.59 Å². The molecule has 0 aliphatic carbocycles. The van der Waals surface area contributed by atoms with Crippen LogP contribution in [0, 0.1) is 5.92 Å². The van der Waals surface area contributed by atoms with Crippen molar-refractivity contribution in [2.45, 2.75) is 25.9 Å². The van der Waals surface area contributed by atoms with E-state index in [1.165, 1.54) is 4.90 Å². The largest absolute Gasteiger partial charge is 0.378 e. The van der Waals surface area contributed by atoms with Crippen molar-refractivity contribution in [2.75, 3.05) is 13.2 Å². The van der Waals surface area contributed by atoms with E-state index in [-0.39, 0.29) is 29.9 Å². The zero-order valence-electron chi connectivity index (χ0n) is 8.32. The van der Waals surface area contributed by atoms with Gasteiger partial charge in [0.25, 0.3) is 0 Å². The van der Waals surface area contributed by atoms with Crippen LogP contribution < -0.4 is 5.32 Å². The van der Waals surface area contributed by atoms with Crippen molar-refractivity contribution in [3.8, 4) is 0 Å². The number of rotatable bonds is 1. The number of fused-ring (bicyclic) bond motifs is 1. The molecule has 0 radical (unpaired) electrons. The maximum absolute atomic E-state index is 11.8. The van der Waals surface area contributed by atoms with Crippen molar-refractivity contribution in [1.29, 1.82) is 0 Å². The van der Waals surface area contributed by atoms with Crippen LogP contribution in [-0.2, 0) is 9.53 Å². The van der Waals surface area contributed by atoms with E-state index in [1.807, 2.05) is 13.8 Å². The number of hydrogen-bond donors (Lipinski definition) is 1. The highest BCUT2D eigenvalue weighted by molar-refractivity contribution is 5.99. The molecule has 0 aromatic carbocycles. The number of nitrogens with one attached hydrogen (secondary N) is 1. The highest BCUT2D eigenvalue weighted by Gasteiger charge is 2.45. The Morgan fingerprint density at radius 2 is 2.14 bits per heavy atom. The lowest BCUT2D eigenvalue weighted by molar-refractivity contribution is -0.135. The summed E-state index contributed by atoms with van der Waals surface area (Å²) < 4.78 is 5.18. The maximum Gasteiger partial charge on any atom is 0.324 e. The molecule has 3 amide bonds. The number of carbonyl (C=O) groups excluding carboxylic acids is 2. The number of nitrogens with zero attached hydrogens (tertiary/aromatic N) is 1. The fraction of sp³-hybridized carbons (Fsp3) is 0.778. The minimum Gasteiger partial charge on any atom is -0.378 e. The van der Waals surface area contributed by atoms with Crippen LogP contribution in [-0.4, -0.2) is 42.1 Å². The molecule has 2 aliphatic heterocycles. The number of hydrogen-bond acceptors (Lipinski definition) is 3. The summed E-state index contributed by atoms with van der Waals surface area (Å²) in [5.41, 5.74) is 0. The molecule has 5 nitrogen and oxygen atoms in total. The monoisotopic (exact) mass is 198 g/mol. The molecule has 0 bridgehead atoms. The average molecular weight is 198 g/mol. The quantitative estimate of drug-likeness (QED) is 0.643. The Labute approximate surface area is 82.4 Å². The Kier molecular flexibility index (Phi) is 2.19. The van der Waals surface area contributed by atoms with E-state index in [0.717, 1.165) is 0 Å². The van der Waals surface area contributed by atoms with Gasteiger partial charge >= 0.3 is 6.03 Å². The van der Waals surface area contributed by atoms with E-state index in [4.69, 9.17) is 4.74 Å². The van der Waals surface area contributed by atoms with Gasteiger partial charge in [-0.05, 0) is 13.8 Å². The number of ether oxygens (including phenoxy) is 1. The highest BCUT2D eigenvalue weighted by atomic mass is 16.5. The Morgan fingerprint density at radius 3 is 2.79 bits per heavy atom. The first-order valence-corrected chi connectivity index (χ1v) is 4.82. The normalized spacial score (nSPS) is 32.1. The zero-order valence-corrected chi connectivity index (χ0v) is 8.32. The summed E-state index contributed by atoms with van der Waals surface area (Å²) >= 11 is 0. The van der Waals surface area contributed by atoms with Gasteiger partial charge in [0.2, 0.25) is 5.91 Å². The van der Waals surface area contributed by atoms with E-state index in [2.05, 4.69) is 5.32 Å². The highest BCUT2D eigenvalue weighted by Crippen LogP contribution is 2.22. The van der Waals surface area contributed by atoms with Crippen LogP contribution in [0.2, 0.25) is 0 Å². The molecule has 1 N–H and O–H groups in total. The Bertz CT molecular complexity index is 277. The van der Waals surface area contributed by atoms with E-state index >= 15 is 0 Å². The number of urea groups is 1. The van der Waals surface area contributed by atoms with Crippen molar-refractivity contribution in [3.05, 3.63) is 0 Å². The minimum absolute atomic E-state index is 0.0935. The van der Waals surface area contributed by atoms with Gasteiger partial charge in [-0.1, -0.05) is 0 Å². The summed E-state index contributed by atoms with van der Waals surface area (Å²) in [5, 5.41) is 2.78. The lowest BCUT2D eigenvalue weighted by Gasteiger charge is -2.35. The van der Waals surface area contributed by atoms with Crippen LogP contribution in [0.25, 0.3) is 0 Å². The molecule has 0 aromatic rings. The summed E-state index contributed by atoms with van der Waals surface area (Å²) in [5.74, 6) is -0.290. The molecule has 2 rings (SSSR count). The topological polar surface area (TPSA) is 58.6 Å². The minimum atomic E-state index is -0.295. The molecule has 5 heteroatoms. The van der Waals surface area contributed by atoms with Gasteiger partial charge in [0, 0.05) is 6.04 Å². The Morgan fingerprint density at radius 1 is 1.43 bits per heavy atom. The van der Waals surface area contributed by atoms with Crippen LogP contribution in [0.1, 0.15) is 13.8 Å². The molecule has 2 fully saturated rings. The van der Waals surface area contributed by atoms with Crippen molar-refractivity contribution in [2.24, 2.45) is 5.92 Å². The number of carbonyl (C=O) groups is 2. The van der Waals surface area contributed by atoms with Crippen LogP contribution >= 0.6 is 0 Å². The summed E-state index contributed by atoms with van der Waals surface area (Å²) in [7, 11) is 0. The SMILES string of the molecule is CC(C)N1C(=O)NC2COCC2C1=O. The summed E-state index contributed by atoms with van der Waals surface area (Å²) in [4.78, 5) is 24.6. The molecule has 0 aromatic heterocycles. The molecule has 0 saturated carbocycles. The van der Waals surface area contributed by atoms with Gasteiger partial charge < -0.3 is 10.1 Å². The standard InChI is InChI=1S/C9H14N2O3/c1-5(2)11-8(12)6-3-14-4-7(6)10-9(11)13/h5-7H,3-4H2,1-2H3,(H,10,13). The fourth-order valence-electron chi connectivity index (χ4n) is 1.94. The first kappa shape index (κ1) is 9.45. The average Bonchev–Trinajstić information content (AvgIpc) is 2.50. The van der Waals surface area contributed by atoms with Gasteiger partial charge in [-0.3, -0.25) is 9.69 Å². The molecule has 2 atom stereocenters. The molecule has 2 unspecified atom stereocenters. The molecule has 14 heavy (non-hydrogen) atoms. The molecule has 2 aliphatic rings. The second kappa shape index (κ2) is 3.24. The lowest BCUT2D eigenvalue weighted by atomic mass is 9.99. The molecule has 2 heterocycles. The van der Waals surface area contributed by atoms with Gasteiger partial charge in [0.1, 0.15) is 0 Å². The second-order valence-electron chi connectivity index (χ2n) is 4.00. The molecule has 2 saturated heterocycles. The molecule has 0 spiro atoms. The third kappa shape index (κ3) is 1.28. The van der Waals surface area contributed by atoms with Crippen molar-refractivity contribution >= 4 is 11.9 Å². The Balaban J connectivity index is 2.21. The maximum atomic E-state index is 11.8. The number of imide groups is 1. The first-order valence-electron chi connectivity index (χ1n) is 4.82. The zero-order chi connectivity index (χ0) is 10.3. The van der Waals surface area contributed by atoms with E-state index in [1.54, 1.807) is 0 Å². The van der Waals surface area contributed by atoms with Gasteiger partial charge in [0.05, 0.1) is 25.2 Å².